The fraction of sp³-hybridized carbons (Fsp3) is 0.111. The molecule has 3 rings (SSSR count). The van der Waals surface area contributed by atoms with Crippen molar-refractivity contribution in [3.05, 3.63) is 77.6 Å². The first-order valence-electron chi connectivity index (χ1n) is 6.92. The van der Waals surface area contributed by atoms with Gasteiger partial charge in [-0.15, -0.1) is 0 Å². The van der Waals surface area contributed by atoms with E-state index in [1.165, 1.54) is 18.4 Å². The summed E-state index contributed by atoms with van der Waals surface area (Å²) in [7, 11) is -3.19. The smallest absolute Gasteiger partial charge is 0.175 e. The molecule has 2 nitrogen and oxygen atoms in total. The molecule has 0 aromatic heterocycles. The van der Waals surface area contributed by atoms with Gasteiger partial charge in [0.15, 0.2) is 9.84 Å². The zero-order valence-corrected chi connectivity index (χ0v) is 12.9. The molecule has 0 unspecified atom stereocenters. The van der Waals surface area contributed by atoms with Gasteiger partial charge < -0.3 is 0 Å². The normalized spacial score (nSPS) is 14.6. The van der Waals surface area contributed by atoms with E-state index in [0.29, 0.717) is 4.90 Å². The zero-order valence-electron chi connectivity index (χ0n) is 12.1. The van der Waals surface area contributed by atoms with Crippen LogP contribution in [0.5, 0.6) is 0 Å². The Balaban J connectivity index is 1.95. The summed E-state index contributed by atoms with van der Waals surface area (Å²) >= 11 is 0. The lowest BCUT2D eigenvalue weighted by Gasteiger charge is -2.10. The van der Waals surface area contributed by atoms with E-state index in [9.17, 15) is 12.8 Å². The Kier molecular flexibility index (Phi) is 3.71. The maximum atomic E-state index is 13.1. The predicted octanol–water partition coefficient (Wildman–Crippen LogP) is 4.10. The van der Waals surface area contributed by atoms with Gasteiger partial charge in [-0.25, -0.2) is 12.8 Å². The van der Waals surface area contributed by atoms with Crippen molar-refractivity contribution in [1.82, 2.24) is 0 Å². The fourth-order valence-corrected chi connectivity index (χ4v) is 3.20. The molecule has 2 aromatic carbocycles. The van der Waals surface area contributed by atoms with Crippen LogP contribution < -0.4 is 0 Å². The summed E-state index contributed by atoms with van der Waals surface area (Å²) in [6.07, 6.45) is 6.19. The quantitative estimate of drug-likeness (QED) is 0.855. The molecule has 1 aliphatic rings. The van der Waals surface area contributed by atoms with E-state index in [1.807, 2.05) is 12.1 Å². The van der Waals surface area contributed by atoms with Gasteiger partial charge in [-0.3, -0.25) is 0 Å². The van der Waals surface area contributed by atoms with Crippen LogP contribution in [0.15, 0.2) is 65.6 Å². The molecule has 0 fully saturated rings. The van der Waals surface area contributed by atoms with Crippen molar-refractivity contribution < 1.29 is 12.8 Å². The number of hydrogen-bond acceptors (Lipinski definition) is 2. The molecule has 4 heteroatoms. The van der Waals surface area contributed by atoms with Crippen LogP contribution in [-0.2, 0) is 9.84 Å². The van der Waals surface area contributed by atoms with Gasteiger partial charge in [0, 0.05) is 6.26 Å². The molecule has 0 N–H and O–H groups in total. The number of sulfone groups is 1. The third-order valence-corrected chi connectivity index (χ3v) is 4.81. The van der Waals surface area contributed by atoms with E-state index in [-0.39, 0.29) is 5.82 Å². The zero-order chi connectivity index (χ0) is 15.7. The maximum absolute atomic E-state index is 13.1. The Morgan fingerprint density at radius 3 is 1.73 bits per heavy atom. The molecule has 1 aliphatic carbocycles. The summed E-state index contributed by atoms with van der Waals surface area (Å²) in [4.78, 5) is 0.308. The van der Waals surface area contributed by atoms with Crippen LogP contribution in [0.25, 0.3) is 11.1 Å². The topological polar surface area (TPSA) is 34.1 Å². The van der Waals surface area contributed by atoms with Crippen LogP contribution in [0.2, 0.25) is 0 Å². The van der Waals surface area contributed by atoms with Crippen LogP contribution >= 0.6 is 0 Å². The molecule has 22 heavy (non-hydrogen) atoms. The van der Waals surface area contributed by atoms with E-state index in [1.54, 1.807) is 24.3 Å². The Hall–Kier alpha value is -2.20. The van der Waals surface area contributed by atoms with Crippen molar-refractivity contribution in [1.29, 1.82) is 0 Å². The van der Waals surface area contributed by atoms with Crippen molar-refractivity contribution in [2.75, 3.05) is 6.26 Å². The minimum atomic E-state index is -3.19. The molecule has 0 heterocycles. The second-order valence-electron chi connectivity index (χ2n) is 5.27. The highest BCUT2D eigenvalue weighted by atomic mass is 32.2. The summed E-state index contributed by atoms with van der Waals surface area (Å²) in [6.45, 7) is 0. The third kappa shape index (κ3) is 2.88. The predicted molar refractivity (Wildman–Crippen MR) is 86.5 cm³/mol. The van der Waals surface area contributed by atoms with Crippen molar-refractivity contribution in [2.45, 2.75) is 11.3 Å². The average molecular weight is 314 g/mol. The van der Waals surface area contributed by atoms with Crippen LogP contribution in [0.4, 0.5) is 4.39 Å². The molecule has 0 saturated heterocycles. The average Bonchev–Trinajstić information content (AvgIpc) is 2.97. The van der Waals surface area contributed by atoms with Gasteiger partial charge in [-0.05, 0) is 53.0 Å². The number of halogens is 1. The van der Waals surface area contributed by atoms with Crippen LogP contribution in [0, 0.1) is 5.82 Å². The first-order valence-corrected chi connectivity index (χ1v) is 8.81. The third-order valence-electron chi connectivity index (χ3n) is 3.68. The van der Waals surface area contributed by atoms with Crippen molar-refractivity contribution in [3.8, 4) is 0 Å². The van der Waals surface area contributed by atoms with Gasteiger partial charge >= 0.3 is 0 Å². The minimum Gasteiger partial charge on any atom is -0.224 e. The number of allylic oxidation sites excluding steroid dienone is 4. The standard InChI is InChI=1S/C18H15FO2S/c1-22(20,21)16-11-7-14(8-12-16)18-4-2-3-17(18)13-5-9-15(19)10-6-13/h3-12H,2H2,1H3. The van der Waals surface area contributed by atoms with Crippen LogP contribution in [-0.4, -0.2) is 14.7 Å². The Labute approximate surface area is 129 Å². The summed E-state index contributed by atoms with van der Waals surface area (Å²) in [6, 6.07) is 13.3. The Bertz CT molecular complexity index is 858. The van der Waals surface area contributed by atoms with Gasteiger partial charge in [0.25, 0.3) is 0 Å². The molecule has 0 bridgehead atoms. The molecule has 112 valence electrons. The van der Waals surface area contributed by atoms with Crippen LogP contribution in [0.1, 0.15) is 17.5 Å². The molecule has 2 aromatic rings. The largest absolute Gasteiger partial charge is 0.224 e. The lowest BCUT2D eigenvalue weighted by molar-refractivity contribution is 0.602. The number of hydrogen-bond donors (Lipinski definition) is 0. The van der Waals surface area contributed by atoms with Crippen molar-refractivity contribution >= 4 is 21.0 Å². The minimum absolute atomic E-state index is 0.259. The Morgan fingerprint density at radius 1 is 0.818 bits per heavy atom. The van der Waals surface area contributed by atoms with Gasteiger partial charge in [0.1, 0.15) is 5.82 Å². The number of benzene rings is 2. The summed E-state index contributed by atoms with van der Waals surface area (Å²) in [5.74, 6) is -0.259. The highest BCUT2D eigenvalue weighted by Crippen LogP contribution is 2.36. The highest BCUT2D eigenvalue weighted by molar-refractivity contribution is 7.90. The molecule has 0 spiro atoms. The van der Waals surface area contributed by atoms with E-state index >= 15 is 0 Å². The van der Waals surface area contributed by atoms with E-state index < -0.39 is 9.84 Å². The molecular weight excluding hydrogens is 299 g/mol. The first kappa shape index (κ1) is 14.7. The second-order valence-corrected chi connectivity index (χ2v) is 7.29. The molecule has 0 aliphatic heterocycles. The van der Waals surface area contributed by atoms with Gasteiger partial charge in [-0.2, -0.15) is 0 Å². The summed E-state index contributed by atoms with van der Waals surface area (Å²) in [5, 5.41) is 0. The highest BCUT2D eigenvalue weighted by Gasteiger charge is 2.15. The van der Waals surface area contributed by atoms with Crippen LogP contribution in [0.3, 0.4) is 0 Å². The second kappa shape index (κ2) is 5.54. The Morgan fingerprint density at radius 2 is 1.27 bits per heavy atom. The molecule has 0 saturated carbocycles. The van der Waals surface area contributed by atoms with Crippen molar-refractivity contribution in [2.24, 2.45) is 0 Å². The summed E-state index contributed by atoms with van der Waals surface area (Å²) in [5.41, 5.74) is 4.01. The fourth-order valence-electron chi connectivity index (χ4n) is 2.57. The monoisotopic (exact) mass is 314 g/mol. The number of rotatable bonds is 3. The SMILES string of the molecule is CS(=O)(=O)c1ccc(C2=CCC=C2c2ccc(F)cc2)cc1. The lowest BCUT2D eigenvalue weighted by Crippen LogP contribution is -1.97. The van der Waals surface area contributed by atoms with E-state index in [0.717, 1.165) is 28.7 Å². The van der Waals surface area contributed by atoms with Crippen molar-refractivity contribution in [3.63, 3.8) is 0 Å². The molecule has 0 atom stereocenters. The lowest BCUT2D eigenvalue weighted by atomic mass is 9.95. The van der Waals surface area contributed by atoms with E-state index in [2.05, 4.69) is 12.2 Å². The van der Waals surface area contributed by atoms with E-state index in [4.69, 9.17) is 0 Å². The maximum Gasteiger partial charge on any atom is 0.175 e. The molecular formula is C18H15FO2S. The van der Waals surface area contributed by atoms with Gasteiger partial charge in [0.2, 0.25) is 0 Å². The molecule has 0 radical (unpaired) electrons. The van der Waals surface area contributed by atoms with Gasteiger partial charge in [-0.1, -0.05) is 36.4 Å². The first-order chi connectivity index (χ1) is 10.4. The summed E-state index contributed by atoms with van der Waals surface area (Å²) < 4.78 is 36.1. The molecule has 0 amide bonds. The van der Waals surface area contributed by atoms with Gasteiger partial charge in [0.05, 0.1) is 4.90 Å².